The Balaban J connectivity index is 2.35. The fourth-order valence-electron chi connectivity index (χ4n) is 1.89. The first kappa shape index (κ1) is 14.5. The molecule has 0 aliphatic heterocycles. The SMILES string of the molecule is O=C(O)CCN(C(=O)c1c[nH]ccc1=O)c1ccccc1. The van der Waals surface area contributed by atoms with E-state index in [-0.39, 0.29) is 18.5 Å². The molecule has 0 atom stereocenters. The number of aromatic amines is 1. The van der Waals surface area contributed by atoms with Crippen LogP contribution in [-0.2, 0) is 4.79 Å². The standard InChI is InChI=1S/C15H14N2O4/c18-13-6-8-16-10-12(13)15(21)17(9-7-14(19)20)11-4-2-1-3-5-11/h1-6,8,10H,7,9H2,(H,16,18)(H,19,20). The van der Waals surface area contributed by atoms with Crippen LogP contribution < -0.4 is 10.3 Å². The number of carbonyl (C=O) groups is 2. The van der Waals surface area contributed by atoms with Crippen LogP contribution in [-0.4, -0.2) is 28.5 Å². The lowest BCUT2D eigenvalue weighted by Gasteiger charge is -2.21. The van der Waals surface area contributed by atoms with Crippen molar-refractivity contribution in [3.05, 3.63) is 64.6 Å². The molecule has 0 saturated carbocycles. The van der Waals surface area contributed by atoms with Crippen molar-refractivity contribution in [1.29, 1.82) is 0 Å². The number of H-pyrrole nitrogens is 1. The van der Waals surface area contributed by atoms with E-state index >= 15 is 0 Å². The predicted octanol–water partition coefficient (Wildman–Crippen LogP) is 1.50. The highest BCUT2D eigenvalue weighted by Gasteiger charge is 2.20. The highest BCUT2D eigenvalue weighted by atomic mass is 16.4. The smallest absolute Gasteiger partial charge is 0.305 e. The van der Waals surface area contributed by atoms with E-state index in [0.717, 1.165) is 0 Å². The van der Waals surface area contributed by atoms with Crippen molar-refractivity contribution < 1.29 is 14.7 Å². The second kappa shape index (κ2) is 6.51. The van der Waals surface area contributed by atoms with Crippen LogP contribution in [0.25, 0.3) is 0 Å². The van der Waals surface area contributed by atoms with Gasteiger partial charge in [-0.1, -0.05) is 18.2 Å². The number of hydrogen-bond acceptors (Lipinski definition) is 3. The van der Waals surface area contributed by atoms with Crippen molar-refractivity contribution in [2.24, 2.45) is 0 Å². The van der Waals surface area contributed by atoms with E-state index in [1.165, 1.54) is 23.4 Å². The van der Waals surface area contributed by atoms with Gasteiger partial charge in [-0.15, -0.1) is 0 Å². The number of carboxylic acids is 1. The number of amides is 1. The minimum atomic E-state index is -1.01. The summed E-state index contributed by atoms with van der Waals surface area (Å²) in [5, 5.41) is 8.81. The fraction of sp³-hybridized carbons (Fsp3) is 0.133. The monoisotopic (exact) mass is 286 g/mol. The Hall–Kier alpha value is -2.89. The maximum Gasteiger partial charge on any atom is 0.305 e. The largest absolute Gasteiger partial charge is 0.481 e. The van der Waals surface area contributed by atoms with Crippen molar-refractivity contribution >= 4 is 17.6 Å². The van der Waals surface area contributed by atoms with Crippen LogP contribution >= 0.6 is 0 Å². The minimum Gasteiger partial charge on any atom is -0.481 e. The molecular weight excluding hydrogens is 272 g/mol. The molecule has 1 heterocycles. The number of benzene rings is 1. The number of nitrogens with zero attached hydrogens (tertiary/aromatic N) is 1. The van der Waals surface area contributed by atoms with Crippen molar-refractivity contribution in [3.8, 4) is 0 Å². The highest BCUT2D eigenvalue weighted by Crippen LogP contribution is 2.16. The number of pyridine rings is 1. The zero-order valence-corrected chi connectivity index (χ0v) is 11.2. The summed E-state index contributed by atoms with van der Waals surface area (Å²) in [5.41, 5.74) is 0.119. The minimum absolute atomic E-state index is 0.00743. The highest BCUT2D eigenvalue weighted by molar-refractivity contribution is 6.06. The fourth-order valence-corrected chi connectivity index (χ4v) is 1.89. The maximum atomic E-state index is 12.5. The summed E-state index contributed by atoms with van der Waals surface area (Å²) in [5.74, 6) is -1.53. The lowest BCUT2D eigenvalue weighted by molar-refractivity contribution is -0.136. The van der Waals surface area contributed by atoms with Crippen LogP contribution in [0.4, 0.5) is 5.69 Å². The van der Waals surface area contributed by atoms with Gasteiger partial charge in [0.1, 0.15) is 5.56 Å². The second-order valence-electron chi connectivity index (χ2n) is 4.36. The molecule has 0 fully saturated rings. The van der Waals surface area contributed by atoms with Gasteiger partial charge in [-0.25, -0.2) is 0 Å². The first-order valence-electron chi connectivity index (χ1n) is 6.35. The molecule has 2 aromatic rings. The molecule has 0 saturated heterocycles. The van der Waals surface area contributed by atoms with Gasteiger partial charge in [0.05, 0.1) is 6.42 Å². The molecule has 0 spiro atoms. The number of para-hydroxylation sites is 1. The van der Waals surface area contributed by atoms with Crippen LogP contribution in [0.5, 0.6) is 0 Å². The Morgan fingerprint density at radius 3 is 2.48 bits per heavy atom. The Morgan fingerprint density at radius 2 is 1.86 bits per heavy atom. The molecule has 2 N–H and O–H groups in total. The summed E-state index contributed by atoms with van der Waals surface area (Å²) >= 11 is 0. The van der Waals surface area contributed by atoms with E-state index in [4.69, 9.17) is 5.11 Å². The first-order chi connectivity index (χ1) is 10.1. The third-order valence-corrected chi connectivity index (χ3v) is 2.92. The summed E-state index contributed by atoms with van der Waals surface area (Å²) in [7, 11) is 0. The average Bonchev–Trinajstić information content (AvgIpc) is 2.48. The van der Waals surface area contributed by atoms with Gasteiger partial charge >= 0.3 is 5.97 Å². The van der Waals surface area contributed by atoms with Crippen LogP contribution in [0.2, 0.25) is 0 Å². The normalized spacial score (nSPS) is 10.1. The first-order valence-corrected chi connectivity index (χ1v) is 6.35. The predicted molar refractivity (Wildman–Crippen MR) is 77.4 cm³/mol. The van der Waals surface area contributed by atoms with Gasteiger partial charge in [-0.2, -0.15) is 0 Å². The quantitative estimate of drug-likeness (QED) is 0.871. The molecule has 21 heavy (non-hydrogen) atoms. The average molecular weight is 286 g/mol. The molecule has 1 aromatic heterocycles. The summed E-state index contributed by atoms with van der Waals surface area (Å²) < 4.78 is 0. The molecular formula is C15H14N2O4. The molecule has 0 bridgehead atoms. The molecule has 1 aromatic carbocycles. The van der Waals surface area contributed by atoms with Crippen molar-refractivity contribution in [2.45, 2.75) is 6.42 Å². The molecule has 0 radical (unpaired) electrons. The molecule has 1 amide bonds. The van der Waals surface area contributed by atoms with E-state index < -0.39 is 17.3 Å². The van der Waals surface area contributed by atoms with E-state index in [2.05, 4.69) is 4.98 Å². The molecule has 0 aliphatic rings. The number of carbonyl (C=O) groups excluding carboxylic acids is 1. The van der Waals surface area contributed by atoms with Gasteiger partial charge in [0, 0.05) is 30.7 Å². The van der Waals surface area contributed by atoms with Gasteiger partial charge in [-0.3, -0.25) is 14.4 Å². The van der Waals surface area contributed by atoms with Crippen LogP contribution in [0.3, 0.4) is 0 Å². The molecule has 2 rings (SSSR count). The third-order valence-electron chi connectivity index (χ3n) is 2.92. The van der Waals surface area contributed by atoms with Crippen LogP contribution in [0.15, 0.2) is 53.6 Å². The molecule has 108 valence electrons. The molecule has 6 nitrogen and oxygen atoms in total. The van der Waals surface area contributed by atoms with Crippen molar-refractivity contribution in [2.75, 3.05) is 11.4 Å². The second-order valence-corrected chi connectivity index (χ2v) is 4.36. The third kappa shape index (κ3) is 3.56. The number of aliphatic carboxylic acids is 1. The number of anilines is 1. The van der Waals surface area contributed by atoms with Crippen LogP contribution in [0, 0.1) is 0 Å². The van der Waals surface area contributed by atoms with Crippen molar-refractivity contribution in [3.63, 3.8) is 0 Å². The van der Waals surface area contributed by atoms with Gasteiger partial charge in [0.25, 0.3) is 5.91 Å². The van der Waals surface area contributed by atoms with E-state index in [0.29, 0.717) is 5.69 Å². The van der Waals surface area contributed by atoms with E-state index in [9.17, 15) is 14.4 Å². The van der Waals surface area contributed by atoms with Gasteiger partial charge in [0.15, 0.2) is 5.43 Å². The molecule has 0 aliphatic carbocycles. The zero-order chi connectivity index (χ0) is 15.2. The van der Waals surface area contributed by atoms with Crippen LogP contribution in [0.1, 0.15) is 16.8 Å². The Labute approximate surface area is 120 Å². The number of carboxylic acid groups (broad SMARTS) is 1. The summed E-state index contributed by atoms with van der Waals surface area (Å²) in [6.07, 6.45) is 2.55. The van der Waals surface area contributed by atoms with Gasteiger partial charge < -0.3 is 15.0 Å². The lowest BCUT2D eigenvalue weighted by atomic mass is 10.2. The number of rotatable bonds is 5. The Bertz CT molecular complexity index is 694. The van der Waals surface area contributed by atoms with E-state index in [1.54, 1.807) is 30.3 Å². The van der Waals surface area contributed by atoms with Gasteiger partial charge in [-0.05, 0) is 12.1 Å². The number of nitrogens with one attached hydrogen (secondary N) is 1. The lowest BCUT2D eigenvalue weighted by Crippen LogP contribution is -2.35. The van der Waals surface area contributed by atoms with Gasteiger partial charge in [0.2, 0.25) is 0 Å². The zero-order valence-electron chi connectivity index (χ0n) is 11.2. The topological polar surface area (TPSA) is 90.5 Å². The summed E-state index contributed by atoms with van der Waals surface area (Å²) in [4.78, 5) is 39.0. The Kier molecular flexibility index (Phi) is 4.50. The molecule has 0 unspecified atom stereocenters. The summed E-state index contributed by atoms with van der Waals surface area (Å²) in [6.45, 7) is -0.00743. The Morgan fingerprint density at radius 1 is 1.14 bits per heavy atom. The summed E-state index contributed by atoms with van der Waals surface area (Å²) in [6, 6.07) is 9.91. The number of hydrogen-bond donors (Lipinski definition) is 2. The van der Waals surface area contributed by atoms with Crippen molar-refractivity contribution in [1.82, 2.24) is 4.98 Å². The number of aromatic nitrogens is 1. The maximum absolute atomic E-state index is 12.5. The van der Waals surface area contributed by atoms with E-state index in [1.807, 2.05) is 0 Å². The molecule has 6 heteroatoms.